The number of carbonyl (C=O) groups is 2. The van der Waals surface area contributed by atoms with Crippen molar-refractivity contribution in [2.24, 2.45) is 0 Å². The minimum atomic E-state index is -1.22. The molecule has 0 aliphatic carbocycles. The number of amides is 1. The Hall–Kier alpha value is -1.86. The van der Waals surface area contributed by atoms with Crippen LogP contribution in [0.2, 0.25) is 0 Å². The maximum atomic E-state index is 12.0. The normalized spacial score (nSPS) is 10.3. The molecule has 1 aromatic carbocycles. The predicted molar refractivity (Wildman–Crippen MR) is 79.8 cm³/mol. The lowest BCUT2D eigenvalue weighted by Gasteiger charge is -2.05. The van der Waals surface area contributed by atoms with Gasteiger partial charge < -0.3 is 15.5 Å². The molecular formula is C13H10BrNO4S. The van der Waals surface area contributed by atoms with E-state index in [4.69, 9.17) is 5.11 Å². The molecule has 20 heavy (non-hydrogen) atoms. The van der Waals surface area contributed by atoms with Gasteiger partial charge in [-0.15, -0.1) is 11.3 Å². The number of aromatic hydroxyl groups is 1. The van der Waals surface area contributed by atoms with Crippen LogP contribution < -0.4 is 5.32 Å². The smallest absolute Gasteiger partial charge is 0.339 e. The summed E-state index contributed by atoms with van der Waals surface area (Å²) in [5.41, 5.74) is 1.08. The van der Waals surface area contributed by atoms with Crippen LogP contribution in [0.25, 0.3) is 0 Å². The number of phenols is 1. The second-order valence-corrected chi connectivity index (χ2v) is 6.43. The van der Waals surface area contributed by atoms with E-state index < -0.39 is 5.97 Å². The molecule has 7 heteroatoms. The molecule has 0 unspecified atom stereocenters. The Morgan fingerprint density at radius 1 is 1.30 bits per heavy atom. The van der Waals surface area contributed by atoms with E-state index in [0.29, 0.717) is 10.6 Å². The fourth-order valence-corrected chi connectivity index (χ4v) is 2.98. The Morgan fingerprint density at radius 2 is 2.00 bits per heavy atom. The Labute approximate surface area is 127 Å². The van der Waals surface area contributed by atoms with E-state index in [-0.39, 0.29) is 17.2 Å². The van der Waals surface area contributed by atoms with Crippen LogP contribution in [-0.2, 0) is 0 Å². The largest absolute Gasteiger partial charge is 0.507 e. The van der Waals surface area contributed by atoms with Crippen molar-refractivity contribution >= 4 is 44.8 Å². The van der Waals surface area contributed by atoms with E-state index in [2.05, 4.69) is 21.2 Å². The van der Waals surface area contributed by atoms with Gasteiger partial charge in [-0.1, -0.05) is 0 Å². The third-order valence-electron chi connectivity index (χ3n) is 2.57. The van der Waals surface area contributed by atoms with Gasteiger partial charge in [-0.25, -0.2) is 4.79 Å². The van der Waals surface area contributed by atoms with Crippen molar-refractivity contribution in [3.05, 3.63) is 44.1 Å². The number of aromatic carboxylic acids is 1. The molecule has 0 aliphatic rings. The first-order valence-corrected chi connectivity index (χ1v) is 7.13. The maximum Gasteiger partial charge on any atom is 0.339 e. The number of benzene rings is 1. The molecule has 5 nitrogen and oxygen atoms in total. The van der Waals surface area contributed by atoms with Crippen LogP contribution >= 0.6 is 27.3 Å². The first kappa shape index (κ1) is 14.5. The van der Waals surface area contributed by atoms with Gasteiger partial charge in [0.05, 0.1) is 8.66 Å². The van der Waals surface area contributed by atoms with Crippen molar-refractivity contribution < 1.29 is 19.8 Å². The molecule has 0 bridgehead atoms. The fraction of sp³-hybridized carbons (Fsp3) is 0.0769. The molecule has 1 aromatic heterocycles. The third kappa shape index (κ3) is 3.00. The maximum absolute atomic E-state index is 12.0. The zero-order chi connectivity index (χ0) is 14.9. The number of carboxylic acid groups (broad SMARTS) is 1. The monoisotopic (exact) mass is 355 g/mol. The van der Waals surface area contributed by atoms with Gasteiger partial charge in [0.1, 0.15) is 11.3 Å². The van der Waals surface area contributed by atoms with Crippen molar-refractivity contribution in [3.63, 3.8) is 0 Å². The summed E-state index contributed by atoms with van der Waals surface area (Å²) in [6.45, 7) is 1.88. The van der Waals surface area contributed by atoms with Gasteiger partial charge in [-0.2, -0.15) is 0 Å². The average Bonchev–Trinajstić information content (AvgIpc) is 2.69. The number of hydrogen-bond acceptors (Lipinski definition) is 4. The molecule has 1 amide bonds. The lowest BCUT2D eigenvalue weighted by atomic mass is 10.2. The van der Waals surface area contributed by atoms with E-state index in [1.54, 1.807) is 6.07 Å². The van der Waals surface area contributed by atoms with Crippen molar-refractivity contribution in [3.8, 4) is 5.75 Å². The summed E-state index contributed by atoms with van der Waals surface area (Å²) in [7, 11) is 0. The van der Waals surface area contributed by atoms with Crippen LogP contribution in [0, 0.1) is 6.92 Å². The molecule has 3 N–H and O–H groups in total. The van der Waals surface area contributed by atoms with Crippen molar-refractivity contribution in [1.29, 1.82) is 0 Å². The van der Waals surface area contributed by atoms with Gasteiger partial charge in [0.15, 0.2) is 0 Å². The zero-order valence-corrected chi connectivity index (χ0v) is 12.7. The van der Waals surface area contributed by atoms with Crippen LogP contribution in [0.5, 0.6) is 5.75 Å². The number of anilines is 1. The summed E-state index contributed by atoms with van der Waals surface area (Å²) in [6.07, 6.45) is 0. The summed E-state index contributed by atoms with van der Waals surface area (Å²) in [4.78, 5) is 23.3. The minimum Gasteiger partial charge on any atom is -0.507 e. The SMILES string of the molecule is Cc1cc(C(=O)Nc2ccc(C(=O)O)c(O)c2)sc1Br. The average molecular weight is 356 g/mol. The lowest BCUT2D eigenvalue weighted by Crippen LogP contribution is -2.10. The predicted octanol–water partition coefficient (Wildman–Crippen LogP) is 3.48. The van der Waals surface area contributed by atoms with Crippen LogP contribution in [0.1, 0.15) is 25.6 Å². The molecule has 104 valence electrons. The molecule has 0 saturated carbocycles. The van der Waals surface area contributed by atoms with E-state index in [1.807, 2.05) is 6.92 Å². The molecule has 2 rings (SSSR count). The summed E-state index contributed by atoms with van der Waals surface area (Å²) >= 11 is 4.64. The second kappa shape index (κ2) is 5.64. The Kier molecular flexibility index (Phi) is 4.10. The van der Waals surface area contributed by atoms with E-state index in [1.165, 1.54) is 29.5 Å². The van der Waals surface area contributed by atoms with Crippen LogP contribution in [0.3, 0.4) is 0 Å². The topological polar surface area (TPSA) is 86.6 Å². The Balaban J connectivity index is 2.20. The van der Waals surface area contributed by atoms with E-state index in [9.17, 15) is 14.7 Å². The first-order chi connectivity index (χ1) is 9.38. The third-order valence-corrected chi connectivity index (χ3v) is 4.70. The molecule has 0 atom stereocenters. The van der Waals surface area contributed by atoms with Crippen molar-refractivity contribution in [1.82, 2.24) is 0 Å². The molecule has 1 heterocycles. The van der Waals surface area contributed by atoms with Gasteiger partial charge in [-0.3, -0.25) is 4.79 Å². The highest BCUT2D eigenvalue weighted by Crippen LogP contribution is 2.28. The summed E-state index contributed by atoms with van der Waals surface area (Å²) < 4.78 is 0.881. The molecule has 0 fully saturated rings. The Bertz CT molecular complexity index is 676. The lowest BCUT2D eigenvalue weighted by molar-refractivity contribution is 0.0693. The molecule has 0 aliphatic heterocycles. The number of aryl methyl sites for hydroxylation is 1. The zero-order valence-electron chi connectivity index (χ0n) is 10.3. The van der Waals surface area contributed by atoms with E-state index >= 15 is 0 Å². The van der Waals surface area contributed by atoms with Crippen molar-refractivity contribution in [2.75, 3.05) is 5.32 Å². The van der Waals surface area contributed by atoms with Crippen LogP contribution in [0.4, 0.5) is 5.69 Å². The number of carboxylic acids is 1. The number of hydrogen-bond donors (Lipinski definition) is 3. The fourth-order valence-electron chi connectivity index (χ4n) is 1.55. The molecule has 0 radical (unpaired) electrons. The first-order valence-electron chi connectivity index (χ1n) is 5.52. The number of nitrogens with one attached hydrogen (secondary N) is 1. The minimum absolute atomic E-state index is 0.210. The number of rotatable bonds is 3. The van der Waals surface area contributed by atoms with Crippen LogP contribution in [0.15, 0.2) is 28.1 Å². The number of carbonyl (C=O) groups excluding carboxylic acids is 1. The highest BCUT2D eigenvalue weighted by Gasteiger charge is 2.14. The summed E-state index contributed by atoms with van der Waals surface area (Å²) in [5, 5.41) is 21.0. The van der Waals surface area contributed by atoms with Gasteiger partial charge in [0, 0.05) is 11.8 Å². The Morgan fingerprint density at radius 3 is 2.50 bits per heavy atom. The molecule has 2 aromatic rings. The van der Waals surface area contributed by atoms with Gasteiger partial charge in [0.25, 0.3) is 5.91 Å². The van der Waals surface area contributed by atoms with E-state index in [0.717, 1.165) is 9.35 Å². The molecular weight excluding hydrogens is 346 g/mol. The van der Waals surface area contributed by atoms with Crippen molar-refractivity contribution in [2.45, 2.75) is 6.92 Å². The number of thiophene rings is 1. The van der Waals surface area contributed by atoms with Gasteiger partial charge in [0.2, 0.25) is 0 Å². The van der Waals surface area contributed by atoms with Gasteiger partial charge >= 0.3 is 5.97 Å². The van der Waals surface area contributed by atoms with Gasteiger partial charge in [-0.05, 0) is 46.6 Å². The summed E-state index contributed by atoms with van der Waals surface area (Å²) in [5.74, 6) is -1.93. The highest BCUT2D eigenvalue weighted by atomic mass is 79.9. The summed E-state index contributed by atoms with van der Waals surface area (Å²) in [6, 6.07) is 5.62. The number of halogens is 1. The van der Waals surface area contributed by atoms with Crippen LogP contribution in [-0.4, -0.2) is 22.1 Å². The quantitative estimate of drug-likeness (QED) is 0.786. The second-order valence-electron chi connectivity index (χ2n) is 4.06. The standard InChI is InChI=1S/C13H10BrNO4S/c1-6-4-10(20-11(6)14)12(17)15-7-2-3-8(13(18)19)9(16)5-7/h2-5,16H,1H3,(H,15,17)(H,18,19). The molecule has 0 saturated heterocycles. The molecule has 0 spiro atoms. The highest BCUT2D eigenvalue weighted by molar-refractivity contribution is 9.11.